The lowest BCUT2D eigenvalue weighted by Crippen LogP contribution is -2.31. The van der Waals surface area contributed by atoms with Gasteiger partial charge in [0.2, 0.25) is 5.82 Å². The summed E-state index contributed by atoms with van der Waals surface area (Å²) in [5.74, 6) is -0.861. The number of carbonyl (C=O) groups excluding carboxylic acids is 1. The zero-order valence-corrected chi connectivity index (χ0v) is 16.6. The number of nitrogens with zero attached hydrogens (tertiary/aromatic N) is 2. The number of rotatable bonds is 8. The normalized spacial score (nSPS) is 10.8. The zero-order valence-electron chi connectivity index (χ0n) is 15.8. The molecule has 3 rings (SSSR count). The quantitative estimate of drug-likeness (QED) is 0.304. The Hall–Kier alpha value is -3.99. The Balaban J connectivity index is 1.58. The summed E-state index contributed by atoms with van der Waals surface area (Å²) in [5, 5.41) is 12.1. The number of anilines is 1. The van der Waals surface area contributed by atoms with Gasteiger partial charge in [0, 0.05) is 11.1 Å². The van der Waals surface area contributed by atoms with Crippen molar-refractivity contribution in [3.8, 4) is 5.75 Å². The number of nitrogens with one attached hydrogen (secondary N) is 4. The van der Waals surface area contributed by atoms with E-state index in [4.69, 9.17) is 16.3 Å². The van der Waals surface area contributed by atoms with Gasteiger partial charge in [0.05, 0.1) is 17.8 Å². The topological polar surface area (TPSA) is 141 Å². The number of halogens is 2. The molecule has 0 atom stereocenters. The molecule has 1 heterocycles. The van der Waals surface area contributed by atoms with Gasteiger partial charge < -0.3 is 10.1 Å². The summed E-state index contributed by atoms with van der Waals surface area (Å²) in [6, 6.07) is 11.2. The first-order chi connectivity index (χ1) is 14.9. The van der Waals surface area contributed by atoms with Gasteiger partial charge in [-0.15, -0.1) is 5.10 Å². The highest BCUT2D eigenvalue weighted by atomic mass is 35.5. The lowest BCUT2D eigenvalue weighted by atomic mass is 10.2. The summed E-state index contributed by atoms with van der Waals surface area (Å²) in [4.78, 5) is 36.2. The standard InChI is InChI=1S/C19H16ClFN6O4/c20-13-5-3-6-14(21)12(13)10-31-15-7-2-1-4-11(15)8-23-25-16(28)9-22-17-18(29)24-19(30)27-26-17/h1-8H,9-10H2,(H,22,26)(H,25,28)(H2,24,27,29,30)/b23-8+. The molecular formula is C19H16ClFN6O4. The van der Waals surface area contributed by atoms with Crippen LogP contribution < -0.4 is 26.7 Å². The van der Waals surface area contributed by atoms with Gasteiger partial charge in [0.1, 0.15) is 18.2 Å². The average molecular weight is 447 g/mol. The Bertz CT molecular complexity index is 1210. The highest BCUT2D eigenvalue weighted by Gasteiger charge is 2.09. The van der Waals surface area contributed by atoms with Crippen LogP contribution in [0.15, 0.2) is 57.2 Å². The van der Waals surface area contributed by atoms with Crippen LogP contribution in [0.5, 0.6) is 5.75 Å². The molecule has 31 heavy (non-hydrogen) atoms. The number of aromatic nitrogens is 3. The lowest BCUT2D eigenvalue weighted by Gasteiger charge is -2.10. The molecule has 1 aromatic heterocycles. The minimum absolute atomic E-state index is 0.0899. The number of hydrogen-bond donors (Lipinski definition) is 4. The fourth-order valence-corrected chi connectivity index (χ4v) is 2.60. The van der Waals surface area contributed by atoms with Crippen LogP contribution in [-0.2, 0) is 11.4 Å². The summed E-state index contributed by atoms with van der Waals surface area (Å²) in [6.07, 6.45) is 1.35. The van der Waals surface area contributed by atoms with Crippen LogP contribution in [0.3, 0.4) is 0 Å². The number of H-pyrrole nitrogens is 2. The smallest absolute Gasteiger partial charge is 0.342 e. The van der Waals surface area contributed by atoms with Gasteiger partial charge in [0.15, 0.2) is 0 Å². The second-order valence-corrected chi connectivity index (χ2v) is 6.44. The van der Waals surface area contributed by atoms with E-state index in [-0.39, 0.29) is 29.6 Å². The third-order valence-electron chi connectivity index (χ3n) is 3.87. The highest BCUT2D eigenvalue weighted by Crippen LogP contribution is 2.23. The Morgan fingerprint density at radius 2 is 2.03 bits per heavy atom. The maximum absolute atomic E-state index is 13.9. The van der Waals surface area contributed by atoms with E-state index in [9.17, 15) is 18.8 Å². The van der Waals surface area contributed by atoms with Crippen molar-refractivity contribution in [2.75, 3.05) is 11.9 Å². The molecule has 0 saturated carbocycles. The Morgan fingerprint density at radius 3 is 2.81 bits per heavy atom. The minimum Gasteiger partial charge on any atom is -0.488 e. The predicted octanol–water partition coefficient (Wildman–Crippen LogP) is 1.39. The molecule has 4 N–H and O–H groups in total. The van der Waals surface area contributed by atoms with Crippen molar-refractivity contribution in [1.29, 1.82) is 0 Å². The summed E-state index contributed by atoms with van der Waals surface area (Å²) in [6.45, 7) is -0.406. The lowest BCUT2D eigenvalue weighted by molar-refractivity contribution is -0.119. The van der Waals surface area contributed by atoms with Crippen molar-refractivity contribution in [2.24, 2.45) is 5.10 Å². The molecule has 0 aliphatic carbocycles. The molecule has 2 aromatic carbocycles. The molecule has 0 aliphatic rings. The highest BCUT2D eigenvalue weighted by molar-refractivity contribution is 6.31. The fraction of sp³-hybridized carbons (Fsp3) is 0.105. The van der Waals surface area contributed by atoms with E-state index in [0.717, 1.165) is 0 Å². The van der Waals surface area contributed by atoms with E-state index in [1.807, 2.05) is 10.1 Å². The third kappa shape index (κ3) is 6.00. The van der Waals surface area contributed by atoms with Crippen LogP contribution in [0.2, 0.25) is 5.02 Å². The number of ether oxygens (including phenoxy) is 1. The van der Waals surface area contributed by atoms with Gasteiger partial charge >= 0.3 is 5.69 Å². The number of hydrazone groups is 1. The van der Waals surface area contributed by atoms with Gasteiger partial charge in [-0.2, -0.15) is 5.10 Å². The van der Waals surface area contributed by atoms with E-state index in [1.54, 1.807) is 30.3 Å². The maximum Gasteiger partial charge on any atom is 0.342 e. The monoisotopic (exact) mass is 446 g/mol. The second kappa shape index (κ2) is 10.2. The molecule has 0 unspecified atom stereocenters. The van der Waals surface area contributed by atoms with Crippen molar-refractivity contribution in [2.45, 2.75) is 6.61 Å². The molecule has 12 heteroatoms. The number of carbonyl (C=O) groups is 1. The number of hydrogen-bond acceptors (Lipinski definition) is 7. The largest absolute Gasteiger partial charge is 0.488 e. The Morgan fingerprint density at radius 1 is 1.23 bits per heavy atom. The SMILES string of the molecule is O=C(CNc1n[nH]c(=O)[nH]c1=O)N/N=C/c1ccccc1OCc1c(F)cccc1Cl. The van der Waals surface area contributed by atoms with Crippen LogP contribution in [-0.4, -0.2) is 33.8 Å². The average Bonchev–Trinajstić information content (AvgIpc) is 2.74. The Labute approximate surface area is 179 Å². The van der Waals surface area contributed by atoms with Crippen LogP contribution >= 0.6 is 11.6 Å². The summed E-state index contributed by atoms with van der Waals surface area (Å²) in [7, 11) is 0. The van der Waals surface area contributed by atoms with Crippen molar-refractivity contribution in [3.05, 3.63) is 85.3 Å². The number of amides is 1. The molecule has 1 amide bonds. The van der Waals surface area contributed by atoms with E-state index >= 15 is 0 Å². The van der Waals surface area contributed by atoms with E-state index in [0.29, 0.717) is 11.3 Å². The first kappa shape index (κ1) is 21.7. The molecule has 0 radical (unpaired) electrons. The number of para-hydroxylation sites is 1. The summed E-state index contributed by atoms with van der Waals surface area (Å²) < 4.78 is 19.6. The van der Waals surface area contributed by atoms with Crippen molar-refractivity contribution in [3.63, 3.8) is 0 Å². The van der Waals surface area contributed by atoms with Crippen molar-refractivity contribution in [1.82, 2.24) is 20.6 Å². The van der Waals surface area contributed by atoms with Crippen molar-refractivity contribution < 1.29 is 13.9 Å². The van der Waals surface area contributed by atoms with E-state index in [2.05, 4.69) is 20.9 Å². The van der Waals surface area contributed by atoms with Crippen molar-refractivity contribution >= 4 is 29.5 Å². The first-order valence-corrected chi connectivity index (χ1v) is 9.21. The molecule has 0 spiro atoms. The summed E-state index contributed by atoms with van der Waals surface area (Å²) >= 11 is 6.00. The van der Waals surface area contributed by atoms with Crippen LogP contribution in [0.25, 0.3) is 0 Å². The van der Waals surface area contributed by atoms with Gasteiger partial charge in [-0.25, -0.2) is 19.7 Å². The zero-order chi connectivity index (χ0) is 22.2. The Kier molecular flexibility index (Phi) is 7.12. The number of aromatic amines is 2. The molecule has 0 saturated heterocycles. The molecule has 160 valence electrons. The molecule has 10 nitrogen and oxygen atoms in total. The van der Waals surface area contributed by atoms with Crippen LogP contribution in [0.1, 0.15) is 11.1 Å². The van der Waals surface area contributed by atoms with E-state index < -0.39 is 23.0 Å². The third-order valence-corrected chi connectivity index (χ3v) is 4.23. The molecule has 3 aromatic rings. The van der Waals surface area contributed by atoms with Gasteiger partial charge in [-0.1, -0.05) is 29.8 Å². The molecular weight excluding hydrogens is 431 g/mol. The minimum atomic E-state index is -0.763. The van der Waals surface area contributed by atoms with Crippen LogP contribution in [0.4, 0.5) is 10.2 Å². The summed E-state index contributed by atoms with van der Waals surface area (Å²) in [5.41, 5.74) is 1.50. The number of benzene rings is 2. The fourth-order valence-electron chi connectivity index (χ4n) is 2.38. The van der Waals surface area contributed by atoms with Gasteiger partial charge in [-0.3, -0.25) is 14.6 Å². The van der Waals surface area contributed by atoms with Gasteiger partial charge in [-0.05, 0) is 24.3 Å². The van der Waals surface area contributed by atoms with Gasteiger partial charge in [0.25, 0.3) is 11.5 Å². The first-order valence-electron chi connectivity index (χ1n) is 8.83. The van der Waals surface area contributed by atoms with E-state index in [1.165, 1.54) is 18.3 Å². The molecule has 0 bridgehead atoms. The molecule has 0 fully saturated rings. The molecule has 0 aliphatic heterocycles. The maximum atomic E-state index is 13.9. The van der Waals surface area contributed by atoms with Crippen LogP contribution in [0, 0.1) is 5.82 Å². The second-order valence-electron chi connectivity index (χ2n) is 6.03. The predicted molar refractivity (Wildman–Crippen MR) is 112 cm³/mol.